The van der Waals surface area contributed by atoms with Crippen molar-refractivity contribution < 1.29 is 14.7 Å². The van der Waals surface area contributed by atoms with Crippen LogP contribution in [0.5, 0.6) is 0 Å². The second-order valence-corrected chi connectivity index (χ2v) is 5.91. The average molecular weight is 295 g/mol. The minimum absolute atomic E-state index is 0.308. The van der Waals surface area contributed by atoms with Gasteiger partial charge in [-0.05, 0) is 42.7 Å². The van der Waals surface area contributed by atoms with Crippen LogP contribution in [-0.4, -0.2) is 28.8 Å². The Morgan fingerprint density at radius 3 is 2.40 bits per heavy atom. The highest BCUT2D eigenvalue weighted by Crippen LogP contribution is 2.20. The van der Waals surface area contributed by atoms with E-state index in [1.54, 1.807) is 11.8 Å². The first-order valence-corrected chi connectivity index (χ1v) is 7.70. The van der Waals surface area contributed by atoms with E-state index >= 15 is 0 Å². The number of aryl methyl sites for hydroxylation is 2. The van der Waals surface area contributed by atoms with E-state index in [1.807, 2.05) is 6.07 Å². The number of carbonyl (C=O) groups is 2. The van der Waals surface area contributed by atoms with Crippen molar-refractivity contribution in [2.45, 2.75) is 39.0 Å². The van der Waals surface area contributed by atoms with Crippen LogP contribution < -0.4 is 5.32 Å². The van der Waals surface area contributed by atoms with Crippen molar-refractivity contribution in [3.63, 3.8) is 0 Å². The second-order valence-electron chi connectivity index (χ2n) is 4.80. The molecule has 5 heteroatoms. The molecule has 1 unspecified atom stereocenters. The molecule has 1 rings (SSSR count). The molecular weight excluding hydrogens is 274 g/mol. The lowest BCUT2D eigenvalue weighted by molar-refractivity contribution is -0.141. The molecule has 20 heavy (non-hydrogen) atoms. The van der Waals surface area contributed by atoms with Crippen LogP contribution in [0.15, 0.2) is 18.2 Å². The van der Waals surface area contributed by atoms with Gasteiger partial charge in [-0.2, -0.15) is 11.8 Å². The number of hydrogen-bond donors (Lipinski definition) is 2. The summed E-state index contributed by atoms with van der Waals surface area (Å²) in [5, 5.41) is 11.5. The molecular formula is C15H21NO3S. The molecule has 0 saturated carbocycles. The number of thioether (sulfide) groups is 1. The van der Waals surface area contributed by atoms with Gasteiger partial charge in [-0.25, -0.2) is 4.79 Å². The zero-order valence-electron chi connectivity index (χ0n) is 12.1. The van der Waals surface area contributed by atoms with Crippen molar-refractivity contribution in [1.29, 1.82) is 0 Å². The van der Waals surface area contributed by atoms with Crippen LogP contribution in [0.2, 0.25) is 0 Å². The summed E-state index contributed by atoms with van der Waals surface area (Å²) in [6.07, 6.45) is 0.435. The summed E-state index contributed by atoms with van der Waals surface area (Å²) in [5.41, 5.74) is 3.83. The fourth-order valence-electron chi connectivity index (χ4n) is 1.95. The summed E-state index contributed by atoms with van der Waals surface area (Å²) in [6.45, 7) is 5.50. The van der Waals surface area contributed by atoms with Crippen molar-refractivity contribution >= 4 is 23.6 Å². The third kappa shape index (κ3) is 5.25. The summed E-state index contributed by atoms with van der Waals surface area (Å²) < 4.78 is 0. The summed E-state index contributed by atoms with van der Waals surface area (Å²) >= 11 is 1.69. The highest BCUT2D eigenvalue weighted by molar-refractivity contribution is 7.98. The monoisotopic (exact) mass is 295 g/mol. The van der Waals surface area contributed by atoms with Crippen molar-refractivity contribution in [2.24, 2.45) is 0 Å². The predicted molar refractivity (Wildman–Crippen MR) is 81.9 cm³/mol. The molecule has 1 aromatic rings. The molecule has 0 aromatic heterocycles. The van der Waals surface area contributed by atoms with Gasteiger partial charge in [-0.1, -0.05) is 18.2 Å². The van der Waals surface area contributed by atoms with Crippen LogP contribution in [0.4, 0.5) is 0 Å². The Kier molecular flexibility index (Phi) is 6.58. The number of nitrogens with one attached hydrogen (secondary N) is 1. The Hall–Kier alpha value is -1.49. The Balaban J connectivity index is 2.44. The summed E-state index contributed by atoms with van der Waals surface area (Å²) in [4.78, 5) is 21.9. The number of amides is 1. The number of aliphatic carboxylic acids is 1. The maximum atomic E-state index is 11.0. The van der Waals surface area contributed by atoms with Gasteiger partial charge in [0, 0.05) is 12.7 Å². The molecule has 0 saturated heterocycles. The summed E-state index contributed by atoms with van der Waals surface area (Å²) in [7, 11) is 0. The van der Waals surface area contributed by atoms with Gasteiger partial charge in [0.2, 0.25) is 5.91 Å². The molecule has 0 bridgehead atoms. The highest BCUT2D eigenvalue weighted by atomic mass is 32.2. The van der Waals surface area contributed by atoms with E-state index in [1.165, 1.54) is 23.6 Å². The third-order valence-electron chi connectivity index (χ3n) is 3.12. The molecule has 0 radical (unpaired) electrons. The van der Waals surface area contributed by atoms with Crippen LogP contribution in [-0.2, 0) is 15.3 Å². The van der Waals surface area contributed by atoms with E-state index in [2.05, 4.69) is 31.3 Å². The molecule has 0 fully saturated rings. The zero-order valence-corrected chi connectivity index (χ0v) is 12.9. The first-order valence-electron chi connectivity index (χ1n) is 6.54. The molecule has 0 aliphatic carbocycles. The van der Waals surface area contributed by atoms with E-state index in [9.17, 15) is 9.59 Å². The van der Waals surface area contributed by atoms with Gasteiger partial charge in [-0.3, -0.25) is 4.79 Å². The van der Waals surface area contributed by atoms with Gasteiger partial charge >= 0.3 is 5.97 Å². The zero-order chi connectivity index (χ0) is 15.1. The summed E-state index contributed by atoms with van der Waals surface area (Å²) in [5.74, 6) is 0.278. The molecule has 0 spiro atoms. The SMILES string of the molecule is CC(=O)NC(CCSCc1c(C)cccc1C)C(=O)O. The molecule has 1 amide bonds. The van der Waals surface area contributed by atoms with Crippen molar-refractivity contribution in [3.8, 4) is 0 Å². The molecule has 0 aliphatic heterocycles. The lowest BCUT2D eigenvalue weighted by atomic mass is 10.1. The second kappa shape index (κ2) is 7.94. The molecule has 2 N–H and O–H groups in total. The van der Waals surface area contributed by atoms with Gasteiger partial charge in [-0.15, -0.1) is 0 Å². The van der Waals surface area contributed by atoms with E-state index in [0.717, 1.165) is 5.75 Å². The standard InChI is InChI=1S/C15H21NO3S/c1-10-5-4-6-11(2)13(10)9-20-8-7-14(15(18)19)16-12(3)17/h4-6,14H,7-9H2,1-3H3,(H,16,17)(H,18,19). The molecule has 0 aliphatic rings. The fraction of sp³-hybridized carbons (Fsp3) is 0.467. The van der Waals surface area contributed by atoms with Crippen molar-refractivity contribution in [1.82, 2.24) is 5.32 Å². The van der Waals surface area contributed by atoms with Crippen LogP contribution in [0.25, 0.3) is 0 Å². The first-order chi connectivity index (χ1) is 9.41. The number of carboxylic acid groups (broad SMARTS) is 1. The molecule has 1 aromatic carbocycles. The van der Waals surface area contributed by atoms with Gasteiger partial charge in [0.15, 0.2) is 0 Å². The van der Waals surface area contributed by atoms with E-state index < -0.39 is 12.0 Å². The van der Waals surface area contributed by atoms with E-state index in [-0.39, 0.29) is 5.91 Å². The smallest absolute Gasteiger partial charge is 0.326 e. The van der Waals surface area contributed by atoms with Gasteiger partial charge in [0.1, 0.15) is 6.04 Å². The number of carbonyl (C=O) groups excluding carboxylic acids is 1. The Morgan fingerprint density at radius 1 is 1.30 bits per heavy atom. The fourth-order valence-corrected chi connectivity index (χ4v) is 3.16. The van der Waals surface area contributed by atoms with Crippen molar-refractivity contribution in [3.05, 3.63) is 34.9 Å². The molecule has 0 heterocycles. The Morgan fingerprint density at radius 2 is 1.90 bits per heavy atom. The number of rotatable bonds is 7. The third-order valence-corrected chi connectivity index (χ3v) is 4.13. The highest BCUT2D eigenvalue weighted by Gasteiger charge is 2.17. The minimum atomic E-state index is -0.979. The van der Waals surface area contributed by atoms with Crippen LogP contribution >= 0.6 is 11.8 Å². The van der Waals surface area contributed by atoms with Crippen molar-refractivity contribution in [2.75, 3.05) is 5.75 Å². The molecule has 110 valence electrons. The molecule has 1 atom stereocenters. The van der Waals surface area contributed by atoms with E-state index in [0.29, 0.717) is 12.2 Å². The maximum Gasteiger partial charge on any atom is 0.326 e. The molecule has 4 nitrogen and oxygen atoms in total. The van der Waals surface area contributed by atoms with Gasteiger partial charge in [0.05, 0.1) is 0 Å². The minimum Gasteiger partial charge on any atom is -0.480 e. The number of hydrogen-bond acceptors (Lipinski definition) is 3. The average Bonchev–Trinajstić information content (AvgIpc) is 2.35. The topological polar surface area (TPSA) is 66.4 Å². The number of carboxylic acids is 1. The predicted octanol–water partition coefficient (Wildman–Crippen LogP) is 2.52. The van der Waals surface area contributed by atoms with Crippen LogP contribution in [0.3, 0.4) is 0 Å². The quantitative estimate of drug-likeness (QED) is 0.759. The largest absolute Gasteiger partial charge is 0.480 e. The van der Waals surface area contributed by atoms with Gasteiger partial charge in [0.25, 0.3) is 0 Å². The number of benzene rings is 1. The normalized spacial score (nSPS) is 11.9. The summed E-state index contributed by atoms with van der Waals surface area (Å²) in [6, 6.07) is 5.41. The lowest BCUT2D eigenvalue weighted by Gasteiger charge is -2.13. The van der Waals surface area contributed by atoms with Crippen LogP contribution in [0, 0.1) is 13.8 Å². The first kappa shape index (κ1) is 16.6. The maximum absolute atomic E-state index is 11.0. The van der Waals surface area contributed by atoms with Gasteiger partial charge < -0.3 is 10.4 Å². The Bertz CT molecular complexity index is 468. The van der Waals surface area contributed by atoms with Crippen LogP contribution in [0.1, 0.15) is 30.0 Å². The van der Waals surface area contributed by atoms with E-state index in [4.69, 9.17) is 5.11 Å². The lowest BCUT2D eigenvalue weighted by Crippen LogP contribution is -2.39. The Labute approximate surface area is 124 Å².